The Labute approximate surface area is 187 Å². The molecule has 0 saturated heterocycles. The fourth-order valence-corrected chi connectivity index (χ4v) is 4.01. The summed E-state index contributed by atoms with van der Waals surface area (Å²) in [6, 6.07) is 13.2. The van der Waals surface area contributed by atoms with E-state index in [4.69, 9.17) is 4.42 Å². The van der Waals surface area contributed by atoms with E-state index in [9.17, 15) is 9.59 Å². The van der Waals surface area contributed by atoms with Gasteiger partial charge in [0.15, 0.2) is 5.76 Å². The number of anilines is 1. The van der Waals surface area contributed by atoms with Crippen LogP contribution in [-0.4, -0.2) is 17.5 Å². The lowest BCUT2D eigenvalue weighted by atomic mass is 9.93. The number of hydrogen-bond donors (Lipinski definition) is 2. The van der Waals surface area contributed by atoms with Crippen molar-refractivity contribution in [1.29, 1.82) is 0 Å². The van der Waals surface area contributed by atoms with Gasteiger partial charge in [0.2, 0.25) is 0 Å². The number of amides is 2. The van der Waals surface area contributed by atoms with Crippen LogP contribution in [0.2, 0.25) is 0 Å². The molecule has 1 aliphatic rings. The second-order valence-corrected chi connectivity index (χ2v) is 8.28. The number of carbonyl (C=O) groups excluding carboxylic acids is 2. The van der Waals surface area contributed by atoms with Gasteiger partial charge in [-0.2, -0.15) is 5.10 Å². The van der Waals surface area contributed by atoms with Crippen LogP contribution in [0.15, 0.2) is 52.0 Å². The second-order valence-electron chi connectivity index (χ2n) is 8.28. The highest BCUT2D eigenvalue weighted by Gasteiger charge is 2.28. The van der Waals surface area contributed by atoms with Crippen LogP contribution in [0.1, 0.15) is 67.3 Å². The van der Waals surface area contributed by atoms with E-state index in [2.05, 4.69) is 15.8 Å². The molecule has 6 nitrogen and oxygen atoms in total. The molecule has 0 atom stereocenters. The SMILES string of the molecule is Cc1ccc(NC(=O)c2oc3c(c2C)/C(=N/NC(=O)c2ccccc2C)CCC3)cc1C. The van der Waals surface area contributed by atoms with E-state index in [-0.39, 0.29) is 17.6 Å². The number of fused-ring (bicyclic) bond motifs is 1. The Hall–Kier alpha value is -3.67. The van der Waals surface area contributed by atoms with Crippen molar-refractivity contribution in [2.45, 2.75) is 47.0 Å². The minimum atomic E-state index is -0.288. The molecule has 1 heterocycles. The first-order valence-electron chi connectivity index (χ1n) is 10.8. The molecule has 0 unspecified atom stereocenters. The van der Waals surface area contributed by atoms with Gasteiger partial charge in [-0.3, -0.25) is 9.59 Å². The Morgan fingerprint density at radius 3 is 2.44 bits per heavy atom. The van der Waals surface area contributed by atoms with E-state index in [0.717, 1.165) is 52.3 Å². The second kappa shape index (κ2) is 8.83. The molecule has 0 spiro atoms. The fraction of sp³-hybridized carbons (Fsp3) is 0.269. The number of hydrogen-bond acceptors (Lipinski definition) is 4. The van der Waals surface area contributed by atoms with Crippen molar-refractivity contribution in [2.24, 2.45) is 5.10 Å². The molecule has 0 saturated carbocycles. The van der Waals surface area contributed by atoms with Crippen molar-refractivity contribution in [3.8, 4) is 0 Å². The highest BCUT2D eigenvalue weighted by molar-refractivity contribution is 6.09. The summed E-state index contributed by atoms with van der Waals surface area (Å²) in [5.41, 5.74) is 9.46. The zero-order chi connectivity index (χ0) is 22.8. The number of nitrogens with zero attached hydrogens (tertiary/aromatic N) is 1. The Morgan fingerprint density at radius 1 is 0.906 bits per heavy atom. The molecule has 164 valence electrons. The molecule has 3 aromatic rings. The third-order valence-corrected chi connectivity index (χ3v) is 5.98. The average molecular weight is 430 g/mol. The summed E-state index contributed by atoms with van der Waals surface area (Å²) in [6.07, 6.45) is 2.29. The summed E-state index contributed by atoms with van der Waals surface area (Å²) in [4.78, 5) is 25.5. The van der Waals surface area contributed by atoms with Crippen LogP contribution in [0.25, 0.3) is 0 Å². The van der Waals surface area contributed by atoms with Crippen LogP contribution in [0, 0.1) is 27.7 Å². The molecule has 2 aromatic carbocycles. The standard InChI is InChI=1S/C26H27N3O3/c1-15-12-13-19(14-17(15)3)27-26(31)24-18(4)23-21(10-7-11-22(23)32-24)28-29-25(30)20-9-6-5-8-16(20)2/h5-6,8-9,12-14H,7,10-11H2,1-4H3,(H,27,31)(H,29,30)/b28-21+. The number of hydrazone groups is 1. The molecule has 4 rings (SSSR count). The number of benzene rings is 2. The van der Waals surface area contributed by atoms with E-state index in [0.29, 0.717) is 12.0 Å². The Bertz CT molecular complexity index is 1240. The highest BCUT2D eigenvalue weighted by atomic mass is 16.4. The van der Waals surface area contributed by atoms with Gasteiger partial charge in [-0.25, -0.2) is 5.43 Å². The third kappa shape index (κ3) is 4.21. The zero-order valence-electron chi connectivity index (χ0n) is 18.8. The average Bonchev–Trinajstić information content (AvgIpc) is 3.12. The van der Waals surface area contributed by atoms with Gasteiger partial charge in [-0.1, -0.05) is 24.3 Å². The van der Waals surface area contributed by atoms with E-state index in [1.54, 1.807) is 6.07 Å². The molecule has 32 heavy (non-hydrogen) atoms. The maximum Gasteiger partial charge on any atom is 0.291 e. The van der Waals surface area contributed by atoms with Gasteiger partial charge in [-0.05, 0) is 75.4 Å². The summed E-state index contributed by atoms with van der Waals surface area (Å²) in [5.74, 6) is 0.482. The van der Waals surface area contributed by atoms with Gasteiger partial charge in [0.1, 0.15) is 5.76 Å². The first-order chi connectivity index (χ1) is 15.3. The Morgan fingerprint density at radius 2 is 1.69 bits per heavy atom. The van der Waals surface area contributed by atoms with Crippen LogP contribution < -0.4 is 10.7 Å². The van der Waals surface area contributed by atoms with Crippen LogP contribution in [-0.2, 0) is 6.42 Å². The molecular formula is C26H27N3O3. The quantitative estimate of drug-likeness (QED) is 0.557. The maximum atomic E-state index is 12.9. The first kappa shape index (κ1) is 21.6. The van der Waals surface area contributed by atoms with Gasteiger partial charge >= 0.3 is 0 Å². The predicted molar refractivity (Wildman–Crippen MR) is 125 cm³/mol. The molecule has 1 aromatic heterocycles. The van der Waals surface area contributed by atoms with E-state index >= 15 is 0 Å². The number of furan rings is 1. The van der Waals surface area contributed by atoms with Gasteiger partial charge < -0.3 is 9.73 Å². The van der Waals surface area contributed by atoms with Crippen LogP contribution in [0.4, 0.5) is 5.69 Å². The van der Waals surface area contributed by atoms with E-state index in [1.807, 2.05) is 64.1 Å². The Kier molecular flexibility index (Phi) is 5.95. The monoisotopic (exact) mass is 429 g/mol. The number of carbonyl (C=O) groups is 2. The lowest BCUT2D eigenvalue weighted by molar-refractivity contribution is 0.0953. The maximum absolute atomic E-state index is 12.9. The topological polar surface area (TPSA) is 83.7 Å². The van der Waals surface area contributed by atoms with E-state index in [1.165, 1.54) is 5.56 Å². The molecule has 1 aliphatic carbocycles. The Balaban J connectivity index is 1.57. The van der Waals surface area contributed by atoms with E-state index < -0.39 is 0 Å². The van der Waals surface area contributed by atoms with Crippen LogP contribution >= 0.6 is 0 Å². The van der Waals surface area contributed by atoms with Crippen molar-refractivity contribution in [3.05, 3.63) is 87.4 Å². The number of nitrogens with one attached hydrogen (secondary N) is 2. The minimum Gasteiger partial charge on any atom is -0.455 e. The predicted octanol–water partition coefficient (Wildman–Crippen LogP) is 5.24. The highest BCUT2D eigenvalue weighted by Crippen LogP contribution is 2.30. The molecule has 0 bridgehead atoms. The van der Waals surface area contributed by atoms with Crippen LogP contribution in [0.5, 0.6) is 0 Å². The summed E-state index contributed by atoms with van der Waals surface area (Å²) < 4.78 is 5.96. The number of rotatable bonds is 4. The third-order valence-electron chi connectivity index (χ3n) is 5.98. The lowest BCUT2D eigenvalue weighted by Crippen LogP contribution is -2.22. The van der Waals surface area contributed by atoms with Gasteiger partial charge in [0, 0.05) is 28.8 Å². The lowest BCUT2D eigenvalue weighted by Gasteiger charge is -2.13. The molecular weight excluding hydrogens is 402 g/mol. The summed E-state index contributed by atoms with van der Waals surface area (Å²) in [6.45, 7) is 7.79. The molecule has 2 amide bonds. The zero-order valence-corrected chi connectivity index (χ0v) is 18.8. The van der Waals surface area contributed by atoms with Crippen molar-refractivity contribution >= 4 is 23.2 Å². The molecule has 6 heteroatoms. The molecule has 2 N–H and O–H groups in total. The molecule has 0 fully saturated rings. The first-order valence-corrected chi connectivity index (χ1v) is 10.8. The smallest absolute Gasteiger partial charge is 0.291 e. The van der Waals surface area contributed by atoms with Crippen LogP contribution in [0.3, 0.4) is 0 Å². The van der Waals surface area contributed by atoms with Crippen molar-refractivity contribution in [2.75, 3.05) is 5.32 Å². The fourth-order valence-electron chi connectivity index (χ4n) is 4.01. The summed E-state index contributed by atoms with van der Waals surface area (Å²) >= 11 is 0. The van der Waals surface area contributed by atoms with Crippen molar-refractivity contribution in [3.63, 3.8) is 0 Å². The van der Waals surface area contributed by atoms with Gasteiger partial charge in [0.25, 0.3) is 11.8 Å². The summed E-state index contributed by atoms with van der Waals surface area (Å²) in [5, 5.41) is 7.33. The molecule has 0 aliphatic heterocycles. The number of aryl methyl sites for hydroxylation is 4. The molecule has 0 radical (unpaired) electrons. The van der Waals surface area contributed by atoms with Crippen molar-refractivity contribution < 1.29 is 14.0 Å². The normalized spacial score (nSPS) is 14.2. The van der Waals surface area contributed by atoms with Gasteiger partial charge in [-0.15, -0.1) is 0 Å². The van der Waals surface area contributed by atoms with Crippen molar-refractivity contribution in [1.82, 2.24) is 5.43 Å². The van der Waals surface area contributed by atoms with Gasteiger partial charge in [0.05, 0.1) is 5.71 Å². The summed E-state index contributed by atoms with van der Waals surface area (Å²) in [7, 11) is 0. The minimum absolute atomic E-state index is 0.253. The largest absolute Gasteiger partial charge is 0.455 e.